The maximum atomic E-state index is 13.9. The molecule has 1 unspecified atom stereocenters. The van der Waals surface area contributed by atoms with Crippen molar-refractivity contribution in [1.82, 2.24) is 15.3 Å². The van der Waals surface area contributed by atoms with Gasteiger partial charge in [-0.1, -0.05) is 0 Å². The van der Waals surface area contributed by atoms with E-state index < -0.39 is 42.4 Å². The van der Waals surface area contributed by atoms with Crippen LogP contribution in [0.1, 0.15) is 36.8 Å². The lowest BCUT2D eigenvalue weighted by Gasteiger charge is -2.37. The second-order valence-electron chi connectivity index (χ2n) is 9.29. The molecule has 38 heavy (non-hydrogen) atoms. The minimum Gasteiger partial charge on any atom is -0.481 e. The van der Waals surface area contributed by atoms with Crippen molar-refractivity contribution in [2.75, 3.05) is 13.7 Å². The first-order chi connectivity index (χ1) is 18.4. The average molecular weight is 528 g/mol. The Balaban J connectivity index is 1.40. The number of halogens is 2. The van der Waals surface area contributed by atoms with Crippen LogP contribution in [0, 0.1) is 11.6 Å². The molecule has 0 saturated carbocycles. The van der Waals surface area contributed by atoms with E-state index in [4.69, 9.17) is 9.47 Å². The van der Waals surface area contributed by atoms with Crippen LogP contribution in [0.2, 0.25) is 0 Å². The summed E-state index contributed by atoms with van der Waals surface area (Å²) < 4.78 is 38.8. The zero-order valence-corrected chi connectivity index (χ0v) is 21.0. The van der Waals surface area contributed by atoms with Gasteiger partial charge in [0.15, 0.2) is 0 Å². The van der Waals surface area contributed by atoms with Gasteiger partial charge in [-0.05, 0) is 67.7 Å². The molecule has 1 aliphatic heterocycles. The molecule has 2 aromatic heterocycles. The molecule has 1 amide bonds. The number of hydrogen-bond donors (Lipinski definition) is 3. The molecule has 4 rings (SSSR count). The van der Waals surface area contributed by atoms with E-state index >= 15 is 0 Å². The quantitative estimate of drug-likeness (QED) is 0.347. The Bertz CT molecular complexity index is 1290. The number of ether oxygens (including phenoxy) is 2. The molecule has 3 heterocycles. The monoisotopic (exact) mass is 527 g/mol. The highest BCUT2D eigenvalue weighted by Crippen LogP contribution is 2.27. The van der Waals surface area contributed by atoms with Gasteiger partial charge in [-0.15, -0.1) is 0 Å². The van der Waals surface area contributed by atoms with Crippen molar-refractivity contribution < 1.29 is 33.3 Å². The Morgan fingerprint density at radius 1 is 1.26 bits per heavy atom. The number of aromatic nitrogens is 2. The molecule has 202 valence electrons. The number of aryl methyl sites for hydroxylation is 1. The summed E-state index contributed by atoms with van der Waals surface area (Å²) in [6.07, 6.45) is 5.16. The minimum atomic E-state index is -1.00. The van der Waals surface area contributed by atoms with E-state index in [1.165, 1.54) is 6.08 Å². The lowest BCUT2D eigenvalue weighted by Crippen LogP contribution is -2.50. The lowest BCUT2D eigenvalue weighted by atomic mass is 9.92. The van der Waals surface area contributed by atoms with Crippen LogP contribution in [-0.4, -0.2) is 64.2 Å². The number of benzene rings is 1. The van der Waals surface area contributed by atoms with Crippen LogP contribution in [0.15, 0.2) is 48.7 Å². The van der Waals surface area contributed by atoms with E-state index in [9.17, 15) is 23.8 Å². The maximum absolute atomic E-state index is 13.9. The van der Waals surface area contributed by atoms with Gasteiger partial charge in [-0.2, -0.15) is 0 Å². The van der Waals surface area contributed by atoms with E-state index in [1.54, 1.807) is 19.4 Å². The van der Waals surface area contributed by atoms with Crippen LogP contribution >= 0.6 is 0 Å². The highest BCUT2D eigenvalue weighted by molar-refractivity contribution is 5.92. The number of rotatable bonds is 10. The molecule has 1 saturated heterocycles. The zero-order chi connectivity index (χ0) is 27.1. The highest BCUT2D eigenvalue weighted by Gasteiger charge is 2.33. The summed E-state index contributed by atoms with van der Waals surface area (Å²) in [5.41, 5.74) is 2.50. The normalized spacial score (nSPS) is 20.5. The first-order valence-electron chi connectivity index (χ1n) is 12.5. The van der Waals surface area contributed by atoms with E-state index in [1.807, 2.05) is 12.1 Å². The number of carbonyl (C=O) groups excluding carboxylic acids is 1. The van der Waals surface area contributed by atoms with E-state index in [0.717, 1.165) is 40.9 Å². The van der Waals surface area contributed by atoms with Gasteiger partial charge in [0.05, 0.1) is 49.1 Å². The molecule has 3 aromatic rings. The van der Waals surface area contributed by atoms with Gasteiger partial charge in [0.1, 0.15) is 11.6 Å². The fourth-order valence-corrected chi connectivity index (χ4v) is 4.63. The fourth-order valence-electron chi connectivity index (χ4n) is 4.63. The number of nitrogens with one attached hydrogen (secondary N) is 1. The summed E-state index contributed by atoms with van der Waals surface area (Å²) in [5.74, 6) is -1.23. The van der Waals surface area contributed by atoms with Crippen LogP contribution in [0.5, 0.6) is 5.88 Å². The van der Waals surface area contributed by atoms with Crippen LogP contribution in [0.3, 0.4) is 0 Å². The molecule has 8 nitrogen and oxygen atoms in total. The van der Waals surface area contributed by atoms with Gasteiger partial charge in [-0.3, -0.25) is 9.78 Å². The lowest BCUT2D eigenvalue weighted by molar-refractivity contribution is -0.124. The van der Waals surface area contributed by atoms with Gasteiger partial charge in [0, 0.05) is 30.3 Å². The smallest absolute Gasteiger partial charge is 0.244 e. The van der Waals surface area contributed by atoms with Crippen LogP contribution in [0.25, 0.3) is 17.1 Å². The largest absolute Gasteiger partial charge is 0.481 e. The van der Waals surface area contributed by atoms with Gasteiger partial charge in [0.2, 0.25) is 11.8 Å². The topological polar surface area (TPSA) is 114 Å². The Kier molecular flexibility index (Phi) is 9.33. The second-order valence-corrected chi connectivity index (χ2v) is 9.29. The molecular weight excluding hydrogens is 496 g/mol. The molecule has 0 spiro atoms. The molecule has 3 N–H and O–H groups in total. The third-order valence-electron chi connectivity index (χ3n) is 6.62. The summed E-state index contributed by atoms with van der Waals surface area (Å²) >= 11 is 0. The number of nitrogens with zero attached hydrogens (tertiary/aromatic N) is 2. The summed E-state index contributed by atoms with van der Waals surface area (Å²) in [6, 6.07) is 8.12. The number of hydrogen-bond acceptors (Lipinski definition) is 7. The zero-order valence-electron chi connectivity index (χ0n) is 21.0. The summed E-state index contributed by atoms with van der Waals surface area (Å²) in [7, 11) is 1.56. The van der Waals surface area contributed by atoms with Crippen LogP contribution < -0.4 is 10.1 Å². The number of carbonyl (C=O) groups is 1. The number of amides is 1. The molecule has 0 bridgehead atoms. The third kappa shape index (κ3) is 7.09. The van der Waals surface area contributed by atoms with Gasteiger partial charge >= 0.3 is 0 Å². The van der Waals surface area contributed by atoms with Gasteiger partial charge in [0.25, 0.3) is 0 Å². The van der Waals surface area contributed by atoms with Crippen molar-refractivity contribution in [3.63, 3.8) is 0 Å². The van der Waals surface area contributed by atoms with Crippen molar-refractivity contribution in [2.45, 2.75) is 56.5 Å². The molecule has 10 heteroatoms. The average Bonchev–Trinajstić information content (AvgIpc) is 2.93. The fraction of sp³-hybridized carbons (Fsp3) is 0.393. The van der Waals surface area contributed by atoms with Crippen LogP contribution in [-0.2, 0) is 16.0 Å². The SMILES string of the molecule is COc1ccc2nccc(CC[C@@H]3CC[C@@H](NC(=O)C=Cc4cc(F)ccc4F)[C@@H](CC(O)CO)O3)c2n1. The predicted octanol–water partition coefficient (Wildman–Crippen LogP) is 3.34. The summed E-state index contributed by atoms with van der Waals surface area (Å²) in [6.45, 7) is -0.430. The molecular formula is C28H31F2N3O5. The number of aliphatic hydroxyl groups excluding tert-OH is 2. The van der Waals surface area contributed by atoms with Crippen molar-refractivity contribution in [1.29, 1.82) is 0 Å². The van der Waals surface area contributed by atoms with Gasteiger partial charge < -0.3 is 25.0 Å². The highest BCUT2D eigenvalue weighted by atomic mass is 19.1. The maximum Gasteiger partial charge on any atom is 0.244 e. The number of aliphatic hydroxyl groups is 2. The van der Waals surface area contributed by atoms with Crippen molar-refractivity contribution in [3.05, 3.63) is 71.4 Å². The molecule has 1 fully saturated rings. The van der Waals surface area contributed by atoms with E-state index in [2.05, 4.69) is 15.3 Å². The van der Waals surface area contributed by atoms with E-state index in [-0.39, 0.29) is 18.1 Å². The summed E-state index contributed by atoms with van der Waals surface area (Å²) in [5, 5.41) is 22.3. The Morgan fingerprint density at radius 2 is 2.11 bits per heavy atom. The number of pyridine rings is 2. The Hall–Kier alpha value is -3.47. The molecule has 1 aromatic carbocycles. The molecule has 4 atom stereocenters. The van der Waals surface area contributed by atoms with Crippen molar-refractivity contribution >= 4 is 23.0 Å². The summed E-state index contributed by atoms with van der Waals surface area (Å²) in [4.78, 5) is 21.4. The Labute approximate surface area is 219 Å². The van der Waals surface area contributed by atoms with Crippen molar-refractivity contribution in [2.24, 2.45) is 0 Å². The first kappa shape index (κ1) is 27.6. The molecule has 0 aliphatic carbocycles. The number of methoxy groups -OCH3 is 1. The first-order valence-corrected chi connectivity index (χ1v) is 12.5. The number of fused-ring (bicyclic) bond motifs is 1. The van der Waals surface area contributed by atoms with Crippen molar-refractivity contribution in [3.8, 4) is 5.88 Å². The minimum absolute atomic E-state index is 0.0388. The standard InChI is InChI=1S/C28H31F2N3O5/c1-37-27-11-9-24-28(33-27)17(12-13-31-24)2-5-21-6-8-23(25(38-21)15-20(35)16-34)32-26(36)10-3-18-14-19(29)4-7-22(18)30/h3-4,7,9-14,20-21,23,25,34-35H,2,5-6,8,15-16H2,1H3,(H,32,36)/t20?,21-,23-,25-/m1/s1. The molecule has 0 radical (unpaired) electrons. The predicted molar refractivity (Wildman–Crippen MR) is 137 cm³/mol. The Morgan fingerprint density at radius 3 is 2.89 bits per heavy atom. The van der Waals surface area contributed by atoms with E-state index in [0.29, 0.717) is 31.6 Å². The second kappa shape index (κ2) is 12.9. The van der Waals surface area contributed by atoms with Gasteiger partial charge in [-0.25, -0.2) is 13.8 Å². The van der Waals surface area contributed by atoms with Crippen LogP contribution in [0.4, 0.5) is 8.78 Å². The molecule has 1 aliphatic rings. The third-order valence-corrected chi connectivity index (χ3v) is 6.62.